The Morgan fingerprint density at radius 2 is 1.71 bits per heavy atom. The molecule has 0 unspecified atom stereocenters. The fourth-order valence-corrected chi connectivity index (χ4v) is 2.85. The van der Waals surface area contributed by atoms with Crippen molar-refractivity contribution in [3.63, 3.8) is 0 Å². The van der Waals surface area contributed by atoms with Crippen LogP contribution in [0.3, 0.4) is 0 Å². The van der Waals surface area contributed by atoms with E-state index in [1.165, 1.54) is 0 Å². The van der Waals surface area contributed by atoms with Gasteiger partial charge in [-0.1, -0.05) is 35.3 Å². The molecule has 0 N–H and O–H groups in total. The highest BCUT2D eigenvalue weighted by molar-refractivity contribution is 6.39. The summed E-state index contributed by atoms with van der Waals surface area (Å²) in [5.41, 5.74) is 2.82. The van der Waals surface area contributed by atoms with Crippen LogP contribution in [0.1, 0.15) is 18.4 Å². The lowest BCUT2D eigenvalue weighted by Crippen LogP contribution is -1.96. The summed E-state index contributed by atoms with van der Waals surface area (Å²) in [5.74, 6) is 0.774. The monoisotopic (exact) mass is 319 g/mol. The van der Waals surface area contributed by atoms with Gasteiger partial charge in [-0.25, -0.2) is 0 Å². The largest absolute Gasteiger partial charge is 0.494 e. The maximum Gasteiger partial charge on any atom is 0.119 e. The van der Waals surface area contributed by atoms with E-state index in [1.807, 2.05) is 43.3 Å². The van der Waals surface area contributed by atoms with Gasteiger partial charge in [0.15, 0.2) is 0 Å². The third kappa shape index (κ3) is 4.14. The molecule has 0 saturated heterocycles. The van der Waals surface area contributed by atoms with Gasteiger partial charge < -0.3 is 4.74 Å². The maximum atomic E-state index is 8.47. The van der Waals surface area contributed by atoms with E-state index in [0.29, 0.717) is 23.1 Å². The van der Waals surface area contributed by atoms with Crippen molar-refractivity contribution >= 4 is 23.2 Å². The van der Waals surface area contributed by atoms with Gasteiger partial charge in [-0.15, -0.1) is 0 Å². The maximum absolute atomic E-state index is 8.47. The second-order valence-electron chi connectivity index (χ2n) is 4.74. The van der Waals surface area contributed by atoms with Gasteiger partial charge >= 0.3 is 0 Å². The number of rotatable bonds is 5. The molecule has 0 fully saturated rings. The lowest BCUT2D eigenvalue weighted by atomic mass is 10.0. The van der Waals surface area contributed by atoms with Gasteiger partial charge in [0.2, 0.25) is 0 Å². The first-order valence-corrected chi connectivity index (χ1v) is 7.43. The average Bonchev–Trinajstić information content (AvgIpc) is 2.44. The third-order valence-corrected chi connectivity index (χ3v) is 3.63. The number of halogens is 2. The molecule has 0 atom stereocenters. The van der Waals surface area contributed by atoms with Crippen LogP contribution in [0.2, 0.25) is 10.0 Å². The highest BCUT2D eigenvalue weighted by Gasteiger charge is 2.09. The third-order valence-electron chi connectivity index (χ3n) is 3.03. The van der Waals surface area contributed by atoms with E-state index >= 15 is 0 Å². The summed E-state index contributed by atoms with van der Waals surface area (Å²) in [6.07, 6.45) is 1.24. The zero-order chi connectivity index (χ0) is 15.2. The molecule has 0 aliphatic rings. The fraction of sp³-hybridized carbons (Fsp3) is 0.235. The molecule has 0 saturated carbocycles. The minimum absolute atomic E-state index is 0.507. The number of ether oxygens (including phenoxy) is 1. The Labute approximate surface area is 134 Å². The van der Waals surface area contributed by atoms with Crippen LogP contribution < -0.4 is 4.74 Å². The number of nitrogens with zero attached hydrogens (tertiary/aromatic N) is 1. The van der Waals surface area contributed by atoms with Crippen molar-refractivity contribution in [2.24, 2.45) is 0 Å². The van der Waals surface area contributed by atoms with E-state index in [0.717, 1.165) is 28.9 Å². The molecular weight excluding hydrogens is 305 g/mol. The molecule has 0 aliphatic heterocycles. The normalized spacial score (nSPS) is 10.2. The van der Waals surface area contributed by atoms with Gasteiger partial charge in [0.05, 0.1) is 22.7 Å². The fourth-order valence-electron chi connectivity index (χ4n) is 2.03. The van der Waals surface area contributed by atoms with Crippen LogP contribution in [0, 0.1) is 18.3 Å². The molecule has 0 aromatic heterocycles. The predicted molar refractivity (Wildman–Crippen MR) is 87.0 cm³/mol. The first kappa shape index (κ1) is 15.7. The van der Waals surface area contributed by atoms with Gasteiger partial charge in [-0.2, -0.15) is 5.26 Å². The molecule has 2 nitrogen and oxygen atoms in total. The van der Waals surface area contributed by atoms with Crippen molar-refractivity contribution in [2.75, 3.05) is 6.61 Å². The van der Waals surface area contributed by atoms with Gasteiger partial charge in [0.25, 0.3) is 0 Å². The molecule has 0 amide bonds. The lowest BCUT2D eigenvalue weighted by Gasteiger charge is -2.10. The van der Waals surface area contributed by atoms with Gasteiger partial charge in [-0.05, 0) is 48.7 Å². The Morgan fingerprint density at radius 3 is 2.29 bits per heavy atom. The van der Waals surface area contributed by atoms with Crippen LogP contribution in [0.5, 0.6) is 5.75 Å². The van der Waals surface area contributed by atoms with Crippen LogP contribution >= 0.6 is 23.2 Å². The molecule has 0 heterocycles. The van der Waals surface area contributed by atoms with E-state index in [4.69, 9.17) is 33.2 Å². The number of hydrogen-bond donors (Lipinski definition) is 0. The molecule has 2 rings (SSSR count). The zero-order valence-corrected chi connectivity index (χ0v) is 13.2. The van der Waals surface area contributed by atoms with Crippen molar-refractivity contribution in [1.29, 1.82) is 5.26 Å². The number of aryl methyl sites for hydroxylation is 1. The Balaban J connectivity index is 2.14. The minimum atomic E-state index is 0.507. The highest BCUT2D eigenvalue weighted by Crippen LogP contribution is 2.36. The summed E-state index contributed by atoms with van der Waals surface area (Å²) in [6, 6.07) is 13.5. The van der Waals surface area contributed by atoms with Crippen molar-refractivity contribution in [2.45, 2.75) is 19.8 Å². The van der Waals surface area contributed by atoms with Crippen molar-refractivity contribution in [3.8, 4) is 22.9 Å². The zero-order valence-electron chi connectivity index (χ0n) is 11.7. The summed E-state index contributed by atoms with van der Waals surface area (Å²) in [4.78, 5) is 0. The van der Waals surface area contributed by atoms with Crippen molar-refractivity contribution in [1.82, 2.24) is 0 Å². The SMILES string of the molecule is Cc1cc(Cl)c(-c2ccc(OCCCC#N)cc2)c(Cl)c1. The summed E-state index contributed by atoms with van der Waals surface area (Å²) >= 11 is 12.6. The Morgan fingerprint density at radius 1 is 1.10 bits per heavy atom. The van der Waals surface area contributed by atoms with E-state index in [-0.39, 0.29) is 0 Å². The molecule has 4 heteroatoms. The van der Waals surface area contributed by atoms with Crippen LogP contribution in [0.25, 0.3) is 11.1 Å². The molecule has 0 aliphatic carbocycles. The smallest absolute Gasteiger partial charge is 0.119 e. The van der Waals surface area contributed by atoms with Gasteiger partial charge in [0.1, 0.15) is 5.75 Å². The average molecular weight is 320 g/mol. The Bertz CT molecular complexity index is 636. The molecule has 2 aromatic rings. The first-order chi connectivity index (χ1) is 10.1. The molecule has 108 valence electrons. The van der Waals surface area contributed by atoms with Crippen LogP contribution in [-0.4, -0.2) is 6.61 Å². The summed E-state index contributed by atoms with van der Waals surface area (Å²) in [7, 11) is 0. The second-order valence-corrected chi connectivity index (χ2v) is 5.55. The molecule has 2 aromatic carbocycles. The summed E-state index contributed by atoms with van der Waals surface area (Å²) < 4.78 is 5.56. The van der Waals surface area contributed by atoms with E-state index in [9.17, 15) is 0 Å². The molecule has 21 heavy (non-hydrogen) atoms. The van der Waals surface area contributed by atoms with Crippen LogP contribution in [-0.2, 0) is 0 Å². The van der Waals surface area contributed by atoms with E-state index < -0.39 is 0 Å². The topological polar surface area (TPSA) is 33.0 Å². The van der Waals surface area contributed by atoms with Gasteiger partial charge in [-0.3, -0.25) is 0 Å². The lowest BCUT2D eigenvalue weighted by molar-refractivity contribution is 0.313. The van der Waals surface area contributed by atoms with E-state index in [2.05, 4.69) is 6.07 Å². The first-order valence-electron chi connectivity index (χ1n) is 6.67. The quantitative estimate of drug-likeness (QED) is 0.667. The van der Waals surface area contributed by atoms with Crippen molar-refractivity contribution < 1.29 is 4.74 Å². The Kier molecular flexibility index (Phi) is 5.50. The molecule has 0 radical (unpaired) electrons. The van der Waals surface area contributed by atoms with Crippen molar-refractivity contribution in [3.05, 3.63) is 52.0 Å². The van der Waals surface area contributed by atoms with Gasteiger partial charge in [0, 0.05) is 12.0 Å². The molecule has 0 spiro atoms. The minimum Gasteiger partial charge on any atom is -0.494 e. The highest BCUT2D eigenvalue weighted by atomic mass is 35.5. The van der Waals surface area contributed by atoms with Crippen LogP contribution in [0.15, 0.2) is 36.4 Å². The van der Waals surface area contributed by atoms with Crippen LogP contribution in [0.4, 0.5) is 0 Å². The number of unbranched alkanes of at least 4 members (excludes halogenated alkanes) is 1. The summed E-state index contributed by atoms with van der Waals surface area (Å²) in [5, 5.41) is 9.75. The number of benzene rings is 2. The molecule has 0 bridgehead atoms. The van der Waals surface area contributed by atoms with E-state index in [1.54, 1.807) is 0 Å². The number of nitriles is 1. The predicted octanol–water partition coefficient (Wildman–Crippen LogP) is 5.65. The number of hydrogen-bond acceptors (Lipinski definition) is 2. The summed E-state index contributed by atoms with van der Waals surface area (Å²) in [6.45, 7) is 2.50. The standard InChI is InChI=1S/C17H15Cl2NO/c1-12-10-15(18)17(16(19)11-12)13-4-6-14(7-5-13)21-9-3-2-8-20/h4-7,10-11H,2-3,9H2,1H3. The molecular formula is C17H15Cl2NO. The Hall–Kier alpha value is -1.69. The second kappa shape index (κ2) is 7.36.